The second-order valence-corrected chi connectivity index (χ2v) is 24.6. The Kier molecular flexibility index (Phi) is 56.0. The Morgan fingerprint density at radius 2 is 0.431 bits per heavy atom. The number of unbranched alkanes of at least 4 members (excludes halogenated alkanes) is 55. The smallest absolute Gasteiger partial charge is 0.209 e. The summed E-state index contributed by atoms with van der Waals surface area (Å²) in [4.78, 5) is 0. The van der Waals surface area contributed by atoms with Gasteiger partial charge in [0.1, 0.15) is 0 Å². The summed E-state index contributed by atoms with van der Waals surface area (Å²) >= 11 is 0. The van der Waals surface area contributed by atoms with Gasteiger partial charge in [0.2, 0.25) is 6.20 Å². The average molecular weight is 1010 g/mol. The largest absolute Gasteiger partial charge is 0.348 e. The van der Waals surface area contributed by atoms with Crippen LogP contribution in [0.15, 0.2) is 12.4 Å². The minimum absolute atomic E-state index is 1.22. The maximum atomic E-state index is 2.83. The number of hydrogen-bond donors (Lipinski definition) is 0. The standard InChI is InChI=1S/C70H140N2/c1-5-9-13-17-21-25-29-33-37-40-44-48-52-56-60-64-70-71(65-61-57-53-49-45-41-38-34-30-26-22-18-14-10-6-2)66-69-72(70,67-62-58-54-50-46-42-36-32-28-24-20-16-12-8-4)68-63-59-55-51-47-43-39-35-31-27-23-19-15-11-7-3/h66,69H,5-65,67-68H2,1-4H3/q+2. The first-order valence-electron chi connectivity index (χ1n) is 34.9. The molecular weight excluding hydrogens is 869 g/mol. The van der Waals surface area contributed by atoms with Gasteiger partial charge in [-0.15, -0.1) is 0 Å². The Balaban J connectivity index is 2.71. The molecule has 0 aromatic heterocycles. The molecule has 1 unspecified atom stereocenters. The van der Waals surface area contributed by atoms with Crippen LogP contribution in [0.3, 0.4) is 0 Å². The number of nitrogens with zero attached hydrogens (tertiary/aromatic N) is 2. The van der Waals surface area contributed by atoms with Crippen molar-refractivity contribution < 1.29 is 9.06 Å². The van der Waals surface area contributed by atoms with Crippen LogP contribution in [-0.4, -0.2) is 34.5 Å². The van der Waals surface area contributed by atoms with Gasteiger partial charge < -0.3 is 0 Å². The molecule has 1 aliphatic heterocycles. The minimum atomic E-state index is 1.22. The van der Waals surface area contributed by atoms with Crippen LogP contribution in [0.1, 0.15) is 413 Å². The van der Waals surface area contributed by atoms with Crippen molar-refractivity contribution in [3.63, 3.8) is 0 Å². The Morgan fingerprint density at radius 1 is 0.236 bits per heavy atom. The molecule has 1 aliphatic rings. The van der Waals surface area contributed by atoms with Gasteiger partial charge in [0, 0.05) is 6.42 Å². The van der Waals surface area contributed by atoms with Crippen molar-refractivity contribution in [1.29, 1.82) is 0 Å². The van der Waals surface area contributed by atoms with Gasteiger partial charge in [-0.25, -0.2) is 4.48 Å². The summed E-state index contributed by atoms with van der Waals surface area (Å²) in [6, 6.07) is 0. The van der Waals surface area contributed by atoms with Crippen molar-refractivity contribution in [1.82, 2.24) is 0 Å². The molecule has 0 bridgehead atoms. The van der Waals surface area contributed by atoms with Gasteiger partial charge in [-0.1, -0.05) is 362 Å². The van der Waals surface area contributed by atoms with E-state index in [9.17, 15) is 0 Å². The Morgan fingerprint density at radius 3 is 0.667 bits per heavy atom. The number of hydrogen-bond acceptors (Lipinski definition) is 0. The van der Waals surface area contributed by atoms with Crippen molar-refractivity contribution >= 4 is 5.84 Å². The second-order valence-electron chi connectivity index (χ2n) is 24.6. The SMILES string of the molecule is CCCCCCCCCCCCCCCCCC1=[N+](CCCCCCCCCCCCCCCCC)C=C[N+]1(CCCCCCCCCCCCCCCC)CCCCCCCCCCCCCCCCC. The zero-order valence-corrected chi connectivity index (χ0v) is 51.1. The summed E-state index contributed by atoms with van der Waals surface area (Å²) in [6.45, 7) is 13.3. The first-order valence-corrected chi connectivity index (χ1v) is 34.9. The normalized spacial score (nSPS) is 14.8. The van der Waals surface area contributed by atoms with Gasteiger partial charge in [-0.3, -0.25) is 0 Å². The van der Waals surface area contributed by atoms with Crippen LogP contribution < -0.4 is 0 Å². The second kappa shape index (κ2) is 58.1. The molecule has 0 aromatic rings. The highest BCUT2D eigenvalue weighted by Crippen LogP contribution is 2.27. The van der Waals surface area contributed by atoms with Gasteiger partial charge >= 0.3 is 5.84 Å². The van der Waals surface area contributed by atoms with E-state index in [0.29, 0.717) is 0 Å². The number of rotatable bonds is 63. The van der Waals surface area contributed by atoms with E-state index in [1.807, 2.05) is 5.84 Å². The lowest BCUT2D eigenvalue weighted by atomic mass is 10.0. The summed E-state index contributed by atoms with van der Waals surface area (Å²) in [5.74, 6) is 1.81. The molecule has 0 amide bonds. The minimum Gasteiger partial charge on any atom is -0.209 e. The molecular formula is C70H140N2+2. The Hall–Kier alpha value is -0.630. The zero-order valence-electron chi connectivity index (χ0n) is 51.1. The molecule has 72 heavy (non-hydrogen) atoms. The third-order valence-electron chi connectivity index (χ3n) is 17.5. The van der Waals surface area contributed by atoms with Crippen LogP contribution >= 0.6 is 0 Å². The Labute approximate surface area is 457 Å². The highest BCUT2D eigenvalue weighted by molar-refractivity contribution is 5.72. The van der Waals surface area contributed by atoms with Crippen LogP contribution in [0.4, 0.5) is 0 Å². The first-order chi connectivity index (χ1) is 35.7. The van der Waals surface area contributed by atoms with Gasteiger partial charge in [0.15, 0.2) is 12.7 Å². The summed E-state index contributed by atoms with van der Waals surface area (Å²) in [6.07, 6.45) is 92.5. The van der Waals surface area contributed by atoms with Crippen molar-refractivity contribution in [2.75, 3.05) is 19.6 Å². The highest BCUT2D eigenvalue weighted by atomic mass is 15.4. The van der Waals surface area contributed by atoms with Crippen LogP contribution in [0.2, 0.25) is 0 Å². The van der Waals surface area contributed by atoms with E-state index in [-0.39, 0.29) is 0 Å². The first kappa shape index (κ1) is 69.4. The molecule has 2 nitrogen and oxygen atoms in total. The van der Waals surface area contributed by atoms with Crippen molar-refractivity contribution in [3.05, 3.63) is 12.4 Å². The van der Waals surface area contributed by atoms with E-state index >= 15 is 0 Å². The highest BCUT2D eigenvalue weighted by Gasteiger charge is 2.42. The van der Waals surface area contributed by atoms with Crippen LogP contribution in [0.25, 0.3) is 0 Å². The van der Waals surface area contributed by atoms with E-state index < -0.39 is 0 Å². The van der Waals surface area contributed by atoms with Crippen LogP contribution in [-0.2, 0) is 0 Å². The number of amidine groups is 1. The molecule has 0 N–H and O–H groups in total. The maximum Gasteiger partial charge on any atom is 0.348 e. The lowest BCUT2D eigenvalue weighted by molar-refractivity contribution is -0.801. The zero-order chi connectivity index (χ0) is 51.6. The van der Waals surface area contributed by atoms with E-state index in [2.05, 4.69) is 44.7 Å². The van der Waals surface area contributed by atoms with Crippen LogP contribution in [0, 0.1) is 0 Å². The third-order valence-corrected chi connectivity index (χ3v) is 17.5. The topological polar surface area (TPSA) is 3.01 Å². The fourth-order valence-electron chi connectivity index (χ4n) is 12.4. The maximum absolute atomic E-state index is 2.83. The van der Waals surface area contributed by atoms with Crippen molar-refractivity contribution in [2.45, 2.75) is 413 Å². The molecule has 0 fully saturated rings. The summed E-state index contributed by atoms with van der Waals surface area (Å²) < 4.78 is 4.05. The third kappa shape index (κ3) is 45.6. The quantitative estimate of drug-likeness (QED) is 0.0324. The average Bonchev–Trinajstić information content (AvgIpc) is 3.73. The summed E-state index contributed by atoms with van der Waals surface area (Å²) in [5.41, 5.74) is 0. The van der Waals surface area contributed by atoms with E-state index in [0.717, 1.165) is 0 Å². The summed E-state index contributed by atoms with van der Waals surface area (Å²) in [5, 5.41) is 0. The predicted molar refractivity (Wildman–Crippen MR) is 329 cm³/mol. The van der Waals surface area contributed by atoms with E-state index in [1.54, 1.807) is 0 Å². The van der Waals surface area contributed by atoms with Crippen molar-refractivity contribution in [3.8, 4) is 0 Å². The molecule has 0 radical (unpaired) electrons. The molecule has 1 heterocycles. The van der Waals surface area contributed by atoms with Gasteiger partial charge in [-0.05, 0) is 38.5 Å². The van der Waals surface area contributed by atoms with Crippen LogP contribution in [0.5, 0.6) is 0 Å². The molecule has 0 saturated heterocycles. The van der Waals surface area contributed by atoms with Crippen molar-refractivity contribution in [2.24, 2.45) is 0 Å². The predicted octanol–water partition coefficient (Wildman–Crippen LogP) is 25.2. The fraction of sp³-hybridized carbons (Fsp3) is 0.957. The monoisotopic (exact) mass is 1010 g/mol. The lowest BCUT2D eigenvalue weighted by Crippen LogP contribution is -2.50. The molecule has 1 atom stereocenters. The van der Waals surface area contributed by atoms with Gasteiger partial charge in [0.25, 0.3) is 0 Å². The molecule has 428 valence electrons. The number of quaternary nitrogens is 1. The lowest BCUT2D eigenvalue weighted by Gasteiger charge is -2.29. The molecule has 0 aromatic carbocycles. The van der Waals surface area contributed by atoms with Gasteiger partial charge in [-0.2, -0.15) is 4.58 Å². The summed E-state index contributed by atoms with van der Waals surface area (Å²) in [7, 11) is 0. The van der Waals surface area contributed by atoms with E-state index in [1.165, 1.54) is 409 Å². The Bertz CT molecular complexity index is 1090. The van der Waals surface area contributed by atoms with Gasteiger partial charge in [0.05, 0.1) is 19.5 Å². The molecule has 0 spiro atoms. The molecule has 0 aliphatic carbocycles. The molecule has 1 rings (SSSR count). The molecule has 2 heteroatoms. The molecule has 0 saturated carbocycles. The van der Waals surface area contributed by atoms with E-state index in [4.69, 9.17) is 0 Å². The fourth-order valence-corrected chi connectivity index (χ4v) is 12.4.